The predicted molar refractivity (Wildman–Crippen MR) is 86.7 cm³/mol. The summed E-state index contributed by atoms with van der Waals surface area (Å²) in [6.07, 6.45) is 0. The molecule has 1 rings (SSSR count). The quantitative estimate of drug-likeness (QED) is 0.514. The summed E-state index contributed by atoms with van der Waals surface area (Å²) in [5, 5.41) is 2.94. The van der Waals surface area contributed by atoms with Crippen molar-refractivity contribution in [3.8, 4) is 0 Å². The van der Waals surface area contributed by atoms with Gasteiger partial charge in [-0.05, 0) is 46.7 Å². The first-order valence-electron chi connectivity index (χ1n) is 5.29. The Bertz CT molecular complexity index is 409. The number of halogens is 3. The van der Waals surface area contributed by atoms with Crippen molar-refractivity contribution in [2.24, 2.45) is 5.92 Å². The third-order valence-electron chi connectivity index (χ3n) is 2.35. The fourth-order valence-corrected chi connectivity index (χ4v) is 2.30. The summed E-state index contributed by atoms with van der Waals surface area (Å²) in [7, 11) is 0. The molecule has 1 atom stereocenters. The van der Waals surface area contributed by atoms with Gasteiger partial charge >= 0.3 is 0 Å². The maximum absolute atomic E-state index is 12.0. The molecule has 0 radical (unpaired) electrons. The van der Waals surface area contributed by atoms with E-state index in [2.05, 4.69) is 73.6 Å². The number of benzene rings is 1. The van der Waals surface area contributed by atoms with Crippen molar-refractivity contribution in [2.75, 3.05) is 6.54 Å². The molecule has 0 spiro atoms. The molecule has 1 aromatic carbocycles. The number of carbonyl (C=O) groups excluding carboxylic acids is 1. The van der Waals surface area contributed by atoms with Gasteiger partial charge in [0.2, 0.25) is 0 Å². The molecule has 0 saturated carbocycles. The number of carbonyl (C=O) groups is 1. The molecule has 0 bridgehead atoms. The number of hydrogen-bond donors (Lipinski definition) is 1. The number of alkyl halides is 1. The van der Waals surface area contributed by atoms with Crippen LogP contribution in [-0.4, -0.2) is 17.3 Å². The van der Waals surface area contributed by atoms with Crippen molar-refractivity contribution in [2.45, 2.75) is 18.7 Å². The van der Waals surface area contributed by atoms with Crippen LogP contribution in [0.2, 0.25) is 0 Å². The first-order chi connectivity index (χ1) is 7.91. The highest BCUT2D eigenvalue weighted by Gasteiger charge is 2.13. The van der Waals surface area contributed by atoms with Crippen molar-refractivity contribution in [1.29, 1.82) is 0 Å². The predicted octanol–water partition coefficient (Wildman–Crippen LogP) is 4.20. The monoisotopic (exact) mass is 473 g/mol. The highest BCUT2D eigenvalue weighted by Crippen LogP contribution is 2.18. The fourth-order valence-electron chi connectivity index (χ4n) is 1.19. The van der Waals surface area contributed by atoms with Crippen LogP contribution in [0.15, 0.2) is 22.7 Å². The normalized spacial score (nSPS) is 12.6. The van der Waals surface area contributed by atoms with E-state index in [9.17, 15) is 4.79 Å². The Kier molecular flexibility index (Phi) is 6.44. The SMILES string of the molecule is CC(C)C(Br)CNC(=O)c1cc(Br)ccc1I. The molecule has 1 N–H and O–H groups in total. The molecule has 0 aliphatic carbocycles. The van der Waals surface area contributed by atoms with E-state index in [0.717, 1.165) is 8.04 Å². The first-order valence-corrected chi connectivity index (χ1v) is 8.08. The van der Waals surface area contributed by atoms with E-state index in [1.54, 1.807) is 0 Å². The van der Waals surface area contributed by atoms with Gasteiger partial charge in [-0.2, -0.15) is 0 Å². The molecule has 0 aliphatic heterocycles. The summed E-state index contributed by atoms with van der Waals surface area (Å²) in [6, 6.07) is 5.70. The van der Waals surface area contributed by atoms with Gasteiger partial charge in [-0.1, -0.05) is 45.7 Å². The molecule has 5 heteroatoms. The average Bonchev–Trinajstić information content (AvgIpc) is 2.28. The zero-order chi connectivity index (χ0) is 13.0. The minimum absolute atomic E-state index is 0.0270. The van der Waals surface area contributed by atoms with Crippen molar-refractivity contribution in [3.63, 3.8) is 0 Å². The summed E-state index contributed by atoms with van der Waals surface area (Å²) >= 11 is 9.09. The van der Waals surface area contributed by atoms with Crippen LogP contribution in [0, 0.1) is 9.49 Å². The first kappa shape index (κ1) is 15.4. The van der Waals surface area contributed by atoms with E-state index < -0.39 is 0 Å². The highest BCUT2D eigenvalue weighted by atomic mass is 127. The number of rotatable bonds is 4. The van der Waals surface area contributed by atoms with E-state index in [0.29, 0.717) is 22.9 Å². The molecule has 17 heavy (non-hydrogen) atoms. The van der Waals surface area contributed by atoms with Gasteiger partial charge in [0.25, 0.3) is 5.91 Å². The molecule has 0 fully saturated rings. The second-order valence-electron chi connectivity index (χ2n) is 4.09. The summed E-state index contributed by atoms with van der Waals surface area (Å²) in [5.41, 5.74) is 0.712. The molecule has 0 heterocycles. The van der Waals surface area contributed by atoms with Crippen LogP contribution in [-0.2, 0) is 0 Å². The van der Waals surface area contributed by atoms with E-state index in [4.69, 9.17) is 0 Å². The van der Waals surface area contributed by atoms with E-state index in [-0.39, 0.29) is 5.91 Å². The lowest BCUT2D eigenvalue weighted by atomic mass is 10.1. The Morgan fingerprint density at radius 3 is 2.71 bits per heavy atom. The zero-order valence-corrected chi connectivity index (χ0v) is 15.0. The second kappa shape index (κ2) is 7.09. The summed E-state index contributed by atoms with van der Waals surface area (Å²) in [6.45, 7) is 4.88. The smallest absolute Gasteiger partial charge is 0.252 e. The van der Waals surface area contributed by atoms with Gasteiger partial charge in [-0.3, -0.25) is 4.79 Å². The van der Waals surface area contributed by atoms with Gasteiger partial charge < -0.3 is 5.32 Å². The topological polar surface area (TPSA) is 29.1 Å². The molecule has 2 nitrogen and oxygen atoms in total. The van der Waals surface area contributed by atoms with Gasteiger partial charge in [-0.15, -0.1) is 0 Å². The molecular formula is C12H14Br2INO. The van der Waals surface area contributed by atoms with Crippen LogP contribution >= 0.6 is 54.5 Å². The van der Waals surface area contributed by atoms with Gasteiger partial charge in [0.05, 0.1) is 5.56 Å². The lowest BCUT2D eigenvalue weighted by molar-refractivity contribution is 0.0952. The van der Waals surface area contributed by atoms with Crippen molar-refractivity contribution >= 4 is 60.4 Å². The third-order valence-corrected chi connectivity index (χ3v) is 5.17. The van der Waals surface area contributed by atoms with Crippen molar-refractivity contribution in [3.05, 3.63) is 31.8 Å². The molecular weight excluding hydrogens is 461 g/mol. The Morgan fingerprint density at radius 2 is 2.12 bits per heavy atom. The minimum atomic E-state index is -0.0270. The molecule has 0 saturated heterocycles. The van der Waals surface area contributed by atoms with Crippen LogP contribution in [0.4, 0.5) is 0 Å². The van der Waals surface area contributed by atoms with Gasteiger partial charge in [0.1, 0.15) is 0 Å². The van der Waals surface area contributed by atoms with Crippen molar-refractivity contribution in [1.82, 2.24) is 5.32 Å². The van der Waals surface area contributed by atoms with E-state index >= 15 is 0 Å². The zero-order valence-electron chi connectivity index (χ0n) is 9.64. The van der Waals surface area contributed by atoms with Crippen LogP contribution < -0.4 is 5.32 Å². The molecule has 1 aromatic rings. The molecule has 0 aromatic heterocycles. The van der Waals surface area contributed by atoms with Crippen molar-refractivity contribution < 1.29 is 4.79 Å². The largest absolute Gasteiger partial charge is 0.351 e. The number of hydrogen-bond acceptors (Lipinski definition) is 1. The van der Waals surface area contributed by atoms with Gasteiger partial charge in [0, 0.05) is 19.4 Å². The Labute approximate surface area is 132 Å². The third kappa shape index (κ3) is 4.87. The average molecular weight is 475 g/mol. The Morgan fingerprint density at radius 1 is 1.47 bits per heavy atom. The maximum Gasteiger partial charge on any atom is 0.252 e. The fraction of sp³-hybridized carbons (Fsp3) is 0.417. The van der Waals surface area contributed by atoms with E-state index in [1.807, 2.05) is 18.2 Å². The Balaban J connectivity index is 2.67. The lowest BCUT2D eigenvalue weighted by Crippen LogP contribution is -2.32. The van der Waals surface area contributed by atoms with Gasteiger partial charge in [0.15, 0.2) is 0 Å². The Hall–Kier alpha value is 0.380. The summed E-state index contributed by atoms with van der Waals surface area (Å²) in [4.78, 5) is 12.3. The molecule has 1 amide bonds. The molecule has 94 valence electrons. The van der Waals surface area contributed by atoms with Crippen LogP contribution in [0.5, 0.6) is 0 Å². The highest BCUT2D eigenvalue weighted by molar-refractivity contribution is 14.1. The number of nitrogens with one attached hydrogen (secondary N) is 1. The second-order valence-corrected chi connectivity index (χ2v) is 7.35. The molecule has 1 unspecified atom stereocenters. The summed E-state index contributed by atoms with van der Waals surface area (Å²) in [5.74, 6) is 0.470. The number of amides is 1. The van der Waals surface area contributed by atoms with Gasteiger partial charge in [-0.25, -0.2) is 0 Å². The molecule has 0 aliphatic rings. The minimum Gasteiger partial charge on any atom is -0.351 e. The van der Waals surface area contributed by atoms with E-state index in [1.165, 1.54) is 0 Å². The van der Waals surface area contributed by atoms with Crippen LogP contribution in [0.1, 0.15) is 24.2 Å². The summed E-state index contributed by atoms with van der Waals surface area (Å²) < 4.78 is 1.88. The van der Waals surface area contributed by atoms with Crippen LogP contribution in [0.3, 0.4) is 0 Å². The van der Waals surface area contributed by atoms with Crippen LogP contribution in [0.25, 0.3) is 0 Å². The lowest BCUT2D eigenvalue weighted by Gasteiger charge is -2.15. The maximum atomic E-state index is 12.0. The standard InChI is InChI=1S/C12H14Br2INO/c1-7(2)10(14)6-16-12(17)9-5-8(13)3-4-11(9)15/h3-5,7,10H,6H2,1-2H3,(H,16,17).